The third-order valence-corrected chi connectivity index (χ3v) is 14.9. The fourth-order valence-electron chi connectivity index (χ4n) is 8.02. The molecule has 0 amide bonds. The molecule has 12 atom stereocenters. The van der Waals surface area contributed by atoms with Crippen LogP contribution in [0.5, 0.6) is 0 Å². The minimum atomic E-state index is -5.71. The number of unbranched alkanes of at least 4 members (excludes halogenated alkanes) is 7. The zero-order valence-electron chi connectivity index (χ0n) is 39.8. The Morgan fingerprint density at radius 2 is 1.57 bits per heavy atom. The number of aromatic nitrogens is 2. The van der Waals surface area contributed by atoms with Crippen molar-refractivity contribution in [3.05, 3.63) is 34.9 Å². The molecule has 23 heteroatoms. The largest absolute Gasteiger partial charge is 0.481 e. The number of hydrogen-bond acceptors (Lipinski definition) is 18. The van der Waals surface area contributed by atoms with Gasteiger partial charge in [0.25, 0.3) is 0 Å². The first-order valence-corrected chi connectivity index (χ1v) is 27.2. The molecule has 68 heavy (non-hydrogen) atoms. The van der Waals surface area contributed by atoms with E-state index in [4.69, 9.17) is 29.0 Å². The summed E-state index contributed by atoms with van der Waals surface area (Å²) in [4.78, 5) is 78.0. The van der Waals surface area contributed by atoms with Gasteiger partial charge in [0.2, 0.25) is 0 Å². The van der Waals surface area contributed by atoms with E-state index in [2.05, 4.69) is 23.1 Å². The van der Waals surface area contributed by atoms with Crippen molar-refractivity contribution in [2.24, 2.45) is 17.8 Å². The number of anilines is 1. The van der Waals surface area contributed by atoms with Crippen LogP contribution < -0.4 is 11.4 Å². The Labute approximate surface area is 399 Å². The van der Waals surface area contributed by atoms with Gasteiger partial charge >= 0.3 is 33.3 Å². The van der Waals surface area contributed by atoms with Crippen molar-refractivity contribution in [2.75, 3.05) is 25.6 Å². The van der Waals surface area contributed by atoms with Crippen LogP contribution in [-0.4, -0.2) is 114 Å². The van der Waals surface area contributed by atoms with Gasteiger partial charge in [0.15, 0.2) is 6.10 Å². The maximum Gasteiger partial charge on any atom is 0.481 e. The molecule has 2 saturated heterocycles. The number of rotatable bonds is 18. The van der Waals surface area contributed by atoms with Gasteiger partial charge in [0.05, 0.1) is 37.4 Å². The first kappa shape index (κ1) is 59.4. The highest BCUT2D eigenvalue weighted by molar-refractivity contribution is 7.61. The second-order valence-electron chi connectivity index (χ2n) is 18.0. The molecule has 1 aromatic heterocycles. The second-order valence-corrected chi connectivity index (χ2v) is 21.0. The summed E-state index contributed by atoms with van der Waals surface area (Å²) in [5, 5.41) is 45.7. The van der Waals surface area contributed by atoms with Crippen molar-refractivity contribution in [3.63, 3.8) is 0 Å². The third kappa shape index (κ3) is 22.0. The Morgan fingerprint density at radius 1 is 0.912 bits per heavy atom. The zero-order valence-corrected chi connectivity index (χ0v) is 41.6. The molecule has 21 nitrogen and oxygen atoms in total. The first-order chi connectivity index (χ1) is 32.3. The molecule has 0 saturated carbocycles. The first-order valence-electron chi connectivity index (χ1n) is 24.2. The lowest BCUT2D eigenvalue weighted by Crippen LogP contribution is -2.51. The number of nitrogen functional groups attached to an aromatic ring is 1. The van der Waals surface area contributed by atoms with Gasteiger partial charge in [-0.05, 0) is 37.7 Å². The molecular weight excluding hydrogens is 932 g/mol. The lowest BCUT2D eigenvalue weighted by atomic mass is 9.83. The second kappa shape index (κ2) is 30.7. The van der Waals surface area contributed by atoms with Crippen LogP contribution in [0.15, 0.2) is 29.2 Å². The van der Waals surface area contributed by atoms with Crippen molar-refractivity contribution >= 4 is 39.2 Å². The lowest BCUT2D eigenvalue weighted by Gasteiger charge is -2.39. The highest BCUT2D eigenvalue weighted by atomic mass is 31.3. The van der Waals surface area contributed by atoms with E-state index in [9.17, 15) is 58.5 Å². The molecule has 3 unspecified atom stereocenters. The number of aliphatic hydroxyl groups excluding tert-OH is 4. The monoisotopic (exact) mass is 1010 g/mol. The van der Waals surface area contributed by atoms with Gasteiger partial charge < -0.3 is 50.2 Å². The standard InChI is InChI=1S/C45H77N3O18P2/c1-4-6-13-19-32(49)23-24-34-36(50)27-37(51)35-20-15-11-12-16-21-40(52)61-28-33(64-41(53)22-17-10-8-7-9-14-18-31(3)5-2)29-62-67(57,58)66-68(59,60)63-30-38(43(55)42(34)54)65-44(35)48-26-25-39(46)47-45(48)56/h23-26,31-35,37-38,42-44,49,51,54-55H,4-22,27-30H2,1-3H3,(H,57,58)(H,59,60)(H2,46,47,56)/b24-23+/t31?,32-,33+,34-,35-,37-,38+,42-,43+,44+/m0/s1. The Hall–Kier alpha value is -2.91. The van der Waals surface area contributed by atoms with Gasteiger partial charge in [-0.15, -0.1) is 0 Å². The van der Waals surface area contributed by atoms with Crippen molar-refractivity contribution in [2.45, 2.75) is 192 Å². The molecule has 0 aromatic carbocycles. The highest BCUT2D eigenvalue weighted by Crippen LogP contribution is 2.60. The lowest BCUT2D eigenvalue weighted by molar-refractivity contribution is -0.188. The summed E-state index contributed by atoms with van der Waals surface area (Å²) in [6.45, 7) is 3.66. The Morgan fingerprint density at radius 3 is 2.26 bits per heavy atom. The number of nitrogens with zero attached hydrogens (tertiary/aromatic N) is 2. The van der Waals surface area contributed by atoms with Crippen LogP contribution in [0, 0.1) is 17.8 Å². The Bertz CT molecular complexity index is 1870. The van der Waals surface area contributed by atoms with Crippen molar-refractivity contribution in [1.82, 2.24) is 9.55 Å². The van der Waals surface area contributed by atoms with Crippen LogP contribution in [0.2, 0.25) is 0 Å². The number of carbonyl (C=O) groups is 3. The van der Waals surface area contributed by atoms with E-state index >= 15 is 0 Å². The van der Waals surface area contributed by atoms with Crippen LogP contribution in [-0.2, 0) is 51.1 Å². The molecule has 3 rings (SSSR count). The summed E-state index contributed by atoms with van der Waals surface area (Å²) >= 11 is 0. The number of phosphoric acid groups is 2. The number of ether oxygens (including phenoxy) is 3. The minimum absolute atomic E-state index is 0.00246. The molecule has 2 aliphatic heterocycles. The predicted octanol–water partition coefficient (Wildman–Crippen LogP) is 5.72. The molecule has 1 aromatic rings. The van der Waals surface area contributed by atoms with Crippen LogP contribution in [0.1, 0.15) is 155 Å². The molecule has 390 valence electrons. The number of hydrogen-bond donors (Lipinski definition) is 7. The van der Waals surface area contributed by atoms with E-state index in [0.717, 1.165) is 55.9 Å². The van der Waals surface area contributed by atoms with Crippen molar-refractivity contribution in [3.8, 4) is 0 Å². The predicted molar refractivity (Wildman–Crippen MR) is 248 cm³/mol. The van der Waals surface area contributed by atoms with Crippen LogP contribution in [0.25, 0.3) is 0 Å². The summed E-state index contributed by atoms with van der Waals surface area (Å²) in [5.41, 5.74) is 4.77. The van der Waals surface area contributed by atoms with E-state index in [1.54, 1.807) is 0 Å². The van der Waals surface area contributed by atoms with Gasteiger partial charge in [-0.1, -0.05) is 116 Å². The van der Waals surface area contributed by atoms with E-state index in [1.807, 2.05) is 6.92 Å². The summed E-state index contributed by atoms with van der Waals surface area (Å²) in [5.74, 6) is -4.36. The zero-order chi connectivity index (χ0) is 50.3. The Balaban J connectivity index is 1.91. The number of aliphatic hydroxyl groups is 4. The number of cyclic esters (lactones) is 1. The van der Waals surface area contributed by atoms with E-state index in [0.29, 0.717) is 50.9 Å². The number of fused-ring (bicyclic) bond motifs is 3. The minimum Gasteiger partial charge on any atom is -0.462 e. The molecule has 3 heterocycles. The van der Waals surface area contributed by atoms with Gasteiger partial charge in [0.1, 0.15) is 36.6 Å². The molecule has 2 bridgehead atoms. The highest BCUT2D eigenvalue weighted by Gasteiger charge is 2.45. The van der Waals surface area contributed by atoms with E-state index in [-0.39, 0.29) is 25.1 Å². The van der Waals surface area contributed by atoms with Gasteiger partial charge in [-0.3, -0.25) is 28.0 Å². The fourth-order valence-corrected chi connectivity index (χ4v) is 10.1. The number of carbonyl (C=O) groups excluding carboxylic acids is 3. The molecule has 0 aliphatic carbocycles. The molecule has 2 fully saturated rings. The average molecular weight is 1010 g/mol. The molecule has 0 radical (unpaired) electrons. The van der Waals surface area contributed by atoms with Crippen LogP contribution >= 0.6 is 15.6 Å². The summed E-state index contributed by atoms with van der Waals surface area (Å²) in [7, 11) is -11.3. The maximum absolute atomic E-state index is 13.9. The number of nitrogens with two attached hydrogens (primary N) is 1. The number of ketones is 1. The number of esters is 2. The van der Waals surface area contributed by atoms with Gasteiger partial charge in [0, 0.05) is 31.4 Å². The van der Waals surface area contributed by atoms with Crippen LogP contribution in [0.3, 0.4) is 0 Å². The SMILES string of the molecule is CCCCC[C@H](O)/C=C/[C@H]1C(=O)C[C@H](O)[C@@H]2CCCCCCC(=O)OC[C@@H](OC(=O)CCCCCCCCC(C)CC)COP(=O)(O)OP(=O)(O)OC[C@@H](O[C@H]2n2ccc(N)nc2=O)[C@@H](O)[C@H]1O. The normalized spacial score (nSPS) is 31.1. The summed E-state index contributed by atoms with van der Waals surface area (Å²) in [6.07, 6.45) is 3.23. The average Bonchev–Trinajstić information content (AvgIpc) is 3.27. The molecule has 0 spiro atoms. The van der Waals surface area contributed by atoms with E-state index in [1.165, 1.54) is 30.8 Å². The Kier molecular flexibility index (Phi) is 26.9. The third-order valence-electron chi connectivity index (χ3n) is 12.3. The summed E-state index contributed by atoms with van der Waals surface area (Å²) in [6, 6.07) is 1.24. The van der Waals surface area contributed by atoms with E-state index < -0.39 is 120 Å². The number of Topliss-reactive ketones (excluding diaryl/α,β-unsaturated/α-hetero) is 1. The number of phosphoric ester groups is 2. The smallest absolute Gasteiger partial charge is 0.462 e. The van der Waals surface area contributed by atoms with Crippen molar-refractivity contribution in [1.29, 1.82) is 0 Å². The van der Waals surface area contributed by atoms with Gasteiger partial charge in [-0.25, -0.2) is 13.9 Å². The van der Waals surface area contributed by atoms with Crippen molar-refractivity contribution < 1.29 is 81.3 Å². The maximum atomic E-state index is 13.9. The van der Waals surface area contributed by atoms with Gasteiger partial charge in [-0.2, -0.15) is 9.29 Å². The van der Waals surface area contributed by atoms with Crippen LogP contribution in [0.4, 0.5) is 5.82 Å². The quantitative estimate of drug-likeness (QED) is 0.0400. The molecule has 8 N–H and O–H groups in total. The molecular formula is C45H77N3O18P2. The summed E-state index contributed by atoms with van der Waals surface area (Å²) < 4.78 is 58.9. The topological polar surface area (TPSA) is 323 Å². The fraction of sp³-hybridized carbons (Fsp3) is 0.800. The molecule has 2 aliphatic rings.